The highest BCUT2D eigenvalue weighted by Crippen LogP contribution is 2.27. The maximum Gasteiger partial charge on any atom is 0.254 e. The fourth-order valence-electron chi connectivity index (χ4n) is 3.74. The molecule has 0 amide bonds. The van der Waals surface area contributed by atoms with E-state index in [0.29, 0.717) is 91.0 Å². The Kier molecular flexibility index (Phi) is 14.6. The van der Waals surface area contributed by atoms with Crippen molar-refractivity contribution in [2.24, 2.45) is 14.1 Å². The van der Waals surface area contributed by atoms with E-state index in [-0.39, 0.29) is 0 Å². The summed E-state index contributed by atoms with van der Waals surface area (Å²) in [6.45, 7) is 5.52. The van der Waals surface area contributed by atoms with Crippen LogP contribution in [0.2, 0.25) is 0 Å². The van der Waals surface area contributed by atoms with Gasteiger partial charge in [0.05, 0.1) is 101 Å². The maximum atomic E-state index is 5.74. The Morgan fingerprint density at radius 2 is 0.860 bits per heavy atom. The summed E-state index contributed by atoms with van der Waals surface area (Å²) in [5.41, 5.74) is 3.40. The third-order valence-electron chi connectivity index (χ3n) is 5.76. The standard InChI is InChI=1S/C28H38N6O7S2/c1-33-7-3-5-23(21-33)25-27(31-42-29-25)40-19-17-38-15-13-36-11-9-35-10-12-37-14-16-39-18-20-41-28-26(30-43-32-28)24-6-4-8-34(2)22-24/h3-8,21-22H,9-20H2,1-2H3/q+2. The van der Waals surface area contributed by atoms with Crippen molar-refractivity contribution in [2.45, 2.75) is 0 Å². The van der Waals surface area contributed by atoms with Gasteiger partial charge in [0, 0.05) is 12.1 Å². The van der Waals surface area contributed by atoms with E-state index in [2.05, 4.69) is 17.5 Å². The van der Waals surface area contributed by atoms with Gasteiger partial charge in [0.25, 0.3) is 11.8 Å². The number of rotatable bonds is 22. The van der Waals surface area contributed by atoms with Crippen molar-refractivity contribution in [1.29, 1.82) is 0 Å². The van der Waals surface area contributed by atoms with Crippen LogP contribution in [-0.2, 0) is 37.8 Å². The van der Waals surface area contributed by atoms with Gasteiger partial charge in [-0.25, -0.2) is 9.13 Å². The normalized spacial score (nSPS) is 11.2. The summed E-state index contributed by atoms with van der Waals surface area (Å²) in [6, 6.07) is 7.88. The summed E-state index contributed by atoms with van der Waals surface area (Å²) in [4.78, 5) is 0. The molecular weight excluding hydrogens is 596 g/mol. The summed E-state index contributed by atoms with van der Waals surface area (Å²) in [5.74, 6) is 1.04. The van der Waals surface area contributed by atoms with Gasteiger partial charge < -0.3 is 33.2 Å². The number of pyridine rings is 2. The molecule has 0 saturated heterocycles. The minimum atomic E-state index is 0.387. The molecule has 4 aromatic heterocycles. The first-order valence-corrected chi connectivity index (χ1v) is 15.4. The van der Waals surface area contributed by atoms with Gasteiger partial charge in [0.1, 0.15) is 27.3 Å². The molecule has 0 bridgehead atoms. The van der Waals surface area contributed by atoms with E-state index < -0.39 is 0 Å². The SMILES string of the molecule is C[n+]1cccc(-c2nsnc2OCCOCCOCCOCCOCCOCCOc2nsnc2-c2ccc[n+](C)c2)c1. The van der Waals surface area contributed by atoms with Crippen molar-refractivity contribution < 1.29 is 42.3 Å². The van der Waals surface area contributed by atoms with Gasteiger partial charge in [-0.15, -0.1) is 8.75 Å². The fourth-order valence-corrected chi connectivity index (χ4v) is 4.77. The Morgan fingerprint density at radius 3 is 1.21 bits per heavy atom. The molecule has 232 valence electrons. The lowest BCUT2D eigenvalue weighted by Crippen LogP contribution is -2.26. The zero-order chi connectivity index (χ0) is 30.0. The molecule has 4 heterocycles. The van der Waals surface area contributed by atoms with Gasteiger partial charge in [-0.3, -0.25) is 0 Å². The van der Waals surface area contributed by atoms with Crippen molar-refractivity contribution >= 4 is 23.5 Å². The van der Waals surface area contributed by atoms with Crippen molar-refractivity contribution in [3.8, 4) is 34.3 Å². The topological polar surface area (TPSA) is 124 Å². The summed E-state index contributed by atoms with van der Waals surface area (Å²) >= 11 is 2.26. The third kappa shape index (κ3) is 11.8. The molecule has 0 fully saturated rings. The summed E-state index contributed by atoms with van der Waals surface area (Å²) in [6.07, 6.45) is 7.88. The van der Waals surface area contributed by atoms with E-state index >= 15 is 0 Å². The molecule has 13 nitrogen and oxygen atoms in total. The number of aromatic nitrogens is 6. The van der Waals surface area contributed by atoms with Crippen molar-refractivity contribution in [3.05, 3.63) is 49.1 Å². The summed E-state index contributed by atoms with van der Waals surface area (Å²) < 4.78 is 60.3. The Balaban J connectivity index is 0.898. The largest absolute Gasteiger partial charge is 0.473 e. The molecular formula is C28H38N6O7S2+2. The Morgan fingerprint density at radius 1 is 0.512 bits per heavy atom. The zero-order valence-corrected chi connectivity index (χ0v) is 26.1. The average Bonchev–Trinajstić information content (AvgIpc) is 3.68. The molecule has 4 aromatic rings. The van der Waals surface area contributed by atoms with Gasteiger partial charge >= 0.3 is 0 Å². The van der Waals surface area contributed by atoms with Crippen LogP contribution in [0, 0.1) is 0 Å². The van der Waals surface area contributed by atoms with E-state index in [4.69, 9.17) is 33.2 Å². The molecule has 0 aliphatic rings. The molecule has 0 atom stereocenters. The van der Waals surface area contributed by atoms with Crippen molar-refractivity contribution in [2.75, 3.05) is 79.3 Å². The molecule has 15 heteroatoms. The minimum absolute atomic E-state index is 0.387. The highest BCUT2D eigenvalue weighted by atomic mass is 32.1. The van der Waals surface area contributed by atoms with Crippen LogP contribution in [-0.4, -0.2) is 96.8 Å². The van der Waals surface area contributed by atoms with Gasteiger partial charge in [0.2, 0.25) is 0 Å². The van der Waals surface area contributed by atoms with Crippen LogP contribution in [0.3, 0.4) is 0 Å². The quantitative estimate of drug-likeness (QED) is 0.0931. The third-order valence-corrected chi connectivity index (χ3v) is 6.79. The van der Waals surface area contributed by atoms with Gasteiger partial charge in [-0.1, -0.05) is 0 Å². The molecule has 4 rings (SSSR count). The number of nitrogens with zero attached hydrogens (tertiary/aromatic N) is 6. The molecule has 0 aliphatic carbocycles. The lowest BCUT2D eigenvalue weighted by atomic mass is 10.2. The second kappa shape index (κ2) is 19.2. The van der Waals surface area contributed by atoms with E-state index in [1.165, 1.54) is 0 Å². The highest BCUT2D eigenvalue weighted by Gasteiger charge is 2.15. The number of aryl methyl sites for hydroxylation is 2. The first-order valence-electron chi connectivity index (χ1n) is 13.9. The maximum absolute atomic E-state index is 5.74. The molecule has 0 aliphatic heterocycles. The van der Waals surface area contributed by atoms with Gasteiger partial charge in [0.15, 0.2) is 36.2 Å². The lowest BCUT2D eigenvalue weighted by Gasteiger charge is -2.08. The van der Waals surface area contributed by atoms with E-state index in [1.54, 1.807) is 0 Å². The average molecular weight is 635 g/mol. The number of hydrogen-bond acceptors (Lipinski definition) is 13. The summed E-state index contributed by atoms with van der Waals surface area (Å²) in [7, 11) is 3.92. The van der Waals surface area contributed by atoms with Crippen LogP contribution in [0.4, 0.5) is 0 Å². The number of ether oxygens (including phenoxy) is 7. The molecule has 0 aromatic carbocycles. The van der Waals surface area contributed by atoms with Crippen LogP contribution >= 0.6 is 23.5 Å². The predicted molar refractivity (Wildman–Crippen MR) is 158 cm³/mol. The Hall–Kier alpha value is -3.18. The van der Waals surface area contributed by atoms with E-state index in [9.17, 15) is 0 Å². The molecule has 43 heavy (non-hydrogen) atoms. The molecule has 0 saturated carbocycles. The smallest absolute Gasteiger partial charge is 0.254 e. The first kappa shape index (κ1) is 32.7. The second-order valence-electron chi connectivity index (χ2n) is 9.11. The van der Waals surface area contributed by atoms with Crippen LogP contribution < -0.4 is 18.6 Å². The summed E-state index contributed by atoms with van der Waals surface area (Å²) in [5, 5.41) is 0. The van der Waals surface area contributed by atoms with Crippen LogP contribution in [0.5, 0.6) is 11.8 Å². The first-order chi connectivity index (χ1) is 21.2. The monoisotopic (exact) mass is 634 g/mol. The fraction of sp³-hybridized carbons (Fsp3) is 0.500. The molecule has 0 spiro atoms. The predicted octanol–water partition coefficient (Wildman–Crippen LogP) is 1.91. The van der Waals surface area contributed by atoms with Crippen LogP contribution in [0.1, 0.15) is 0 Å². The molecule has 0 N–H and O–H groups in total. The second-order valence-corrected chi connectivity index (χ2v) is 10.2. The highest BCUT2D eigenvalue weighted by molar-refractivity contribution is 6.99. The zero-order valence-electron chi connectivity index (χ0n) is 24.5. The van der Waals surface area contributed by atoms with Gasteiger partial charge in [-0.05, 0) is 12.1 Å². The van der Waals surface area contributed by atoms with Crippen LogP contribution in [0.25, 0.3) is 22.5 Å². The van der Waals surface area contributed by atoms with Crippen LogP contribution in [0.15, 0.2) is 49.1 Å². The van der Waals surface area contributed by atoms with Crippen molar-refractivity contribution in [3.63, 3.8) is 0 Å². The number of hydrogen-bond donors (Lipinski definition) is 0. The molecule has 0 unspecified atom stereocenters. The minimum Gasteiger partial charge on any atom is -0.473 e. The van der Waals surface area contributed by atoms with Gasteiger partial charge in [-0.2, -0.15) is 8.75 Å². The van der Waals surface area contributed by atoms with E-state index in [1.807, 2.05) is 72.3 Å². The molecule has 0 radical (unpaired) electrons. The Labute approximate surface area is 259 Å². The lowest BCUT2D eigenvalue weighted by molar-refractivity contribution is -0.671. The van der Waals surface area contributed by atoms with E-state index in [0.717, 1.165) is 46.0 Å². The Bertz CT molecular complexity index is 1240. The van der Waals surface area contributed by atoms with Crippen molar-refractivity contribution in [1.82, 2.24) is 17.5 Å².